The van der Waals surface area contributed by atoms with E-state index in [2.05, 4.69) is 59.6 Å². The van der Waals surface area contributed by atoms with Gasteiger partial charge in [-0.25, -0.2) is 9.97 Å². The molecule has 0 radical (unpaired) electrons. The highest BCUT2D eigenvalue weighted by molar-refractivity contribution is 7.99. The number of rotatable bonds is 5. The third-order valence-corrected chi connectivity index (χ3v) is 7.13. The molecule has 0 aliphatic rings. The lowest BCUT2D eigenvalue weighted by Crippen LogP contribution is -1.93. The van der Waals surface area contributed by atoms with Gasteiger partial charge in [-0.3, -0.25) is 0 Å². The number of aromatic hydroxyl groups is 1. The molecule has 2 heterocycles. The van der Waals surface area contributed by atoms with Crippen LogP contribution in [0.5, 0.6) is 5.75 Å². The van der Waals surface area contributed by atoms with Crippen molar-refractivity contribution in [2.75, 3.05) is 0 Å². The molecule has 1 N–H and O–H groups in total. The molecule has 6 aromatic rings. The molecule has 0 fully saturated rings. The van der Waals surface area contributed by atoms with E-state index in [1.165, 1.54) is 5.39 Å². The summed E-state index contributed by atoms with van der Waals surface area (Å²) in [7, 11) is 0. The van der Waals surface area contributed by atoms with Crippen LogP contribution < -0.4 is 0 Å². The number of phenolic OH excluding ortho intramolecular Hbond substituents is 1. The number of para-hydroxylation sites is 1. The van der Waals surface area contributed by atoms with Crippen LogP contribution in [-0.2, 0) is 0 Å². The zero-order valence-corrected chi connectivity index (χ0v) is 20.2. The number of aromatic nitrogens is 2. The molecule has 0 saturated carbocycles. The average Bonchev–Trinajstić information content (AvgIpc) is 2.94. The fourth-order valence-electron chi connectivity index (χ4n) is 4.35. The van der Waals surface area contributed by atoms with E-state index in [1.54, 1.807) is 17.8 Å². The Morgan fingerprint density at radius 3 is 2.28 bits per heavy atom. The van der Waals surface area contributed by atoms with Crippen molar-refractivity contribution in [2.24, 2.45) is 0 Å². The Balaban J connectivity index is 1.43. The van der Waals surface area contributed by atoms with E-state index in [9.17, 15) is 5.11 Å². The van der Waals surface area contributed by atoms with Gasteiger partial charge >= 0.3 is 0 Å². The summed E-state index contributed by atoms with van der Waals surface area (Å²) in [5.41, 5.74) is 5.36. The lowest BCUT2D eigenvalue weighted by molar-refractivity contribution is 0.477. The maximum Gasteiger partial charge on any atom is 0.124 e. The van der Waals surface area contributed by atoms with Gasteiger partial charge in [0.05, 0.1) is 11.4 Å². The summed E-state index contributed by atoms with van der Waals surface area (Å²) < 4.78 is 0. The summed E-state index contributed by atoms with van der Waals surface area (Å²) in [6.45, 7) is 0. The van der Waals surface area contributed by atoms with Gasteiger partial charge in [-0.15, -0.1) is 0 Å². The Morgan fingerprint density at radius 2 is 1.39 bits per heavy atom. The summed E-state index contributed by atoms with van der Waals surface area (Å²) in [6.07, 6.45) is 1.86. The predicted octanol–water partition coefficient (Wildman–Crippen LogP) is 8.49. The highest BCUT2D eigenvalue weighted by Gasteiger charge is 2.15. The fourth-order valence-corrected chi connectivity index (χ4v) is 5.32. The van der Waals surface area contributed by atoms with Crippen LogP contribution in [0, 0.1) is 0 Å². The van der Waals surface area contributed by atoms with Crippen LogP contribution in [0.25, 0.3) is 44.4 Å². The summed E-state index contributed by atoms with van der Waals surface area (Å²) in [5.74, 6) is 0.214. The Bertz CT molecular complexity index is 1680. The van der Waals surface area contributed by atoms with Crippen molar-refractivity contribution in [3.8, 4) is 39.4 Å². The predicted molar refractivity (Wildman–Crippen MR) is 148 cm³/mol. The van der Waals surface area contributed by atoms with Gasteiger partial charge in [0.1, 0.15) is 10.8 Å². The first-order valence-electron chi connectivity index (χ1n) is 11.7. The lowest BCUT2D eigenvalue weighted by Gasteiger charge is -2.13. The molecule has 0 atom stereocenters. The SMILES string of the molecule is Oc1ccccc1-c1nc(-c2cccc(Sc3nccc4ccccc34)c2)ccc1-c1ccccc1. The molecule has 172 valence electrons. The molecule has 0 bridgehead atoms. The first kappa shape index (κ1) is 22.1. The number of phenols is 1. The van der Waals surface area contributed by atoms with Crippen molar-refractivity contribution in [3.63, 3.8) is 0 Å². The maximum absolute atomic E-state index is 10.6. The molecule has 0 unspecified atom stereocenters. The molecule has 2 aromatic heterocycles. The van der Waals surface area contributed by atoms with E-state index in [1.807, 2.05) is 66.9 Å². The third-order valence-electron chi connectivity index (χ3n) is 6.12. The highest BCUT2D eigenvalue weighted by atomic mass is 32.2. The molecule has 0 amide bonds. The zero-order chi connectivity index (χ0) is 24.3. The van der Waals surface area contributed by atoms with Gasteiger partial charge in [-0.2, -0.15) is 0 Å². The first-order chi connectivity index (χ1) is 17.8. The van der Waals surface area contributed by atoms with Gasteiger partial charge in [-0.1, -0.05) is 96.7 Å². The standard InChI is InChI=1S/C32H22N2OS/c35-30-16-7-6-15-28(30)31-26(22-9-2-1-3-10-22)17-18-29(34-31)24-12-8-13-25(21-24)36-32-27-14-5-4-11-23(27)19-20-33-32/h1-21,35H. The van der Waals surface area contributed by atoms with Gasteiger partial charge in [0.15, 0.2) is 0 Å². The second-order valence-electron chi connectivity index (χ2n) is 8.44. The van der Waals surface area contributed by atoms with Crippen molar-refractivity contribution >= 4 is 22.5 Å². The molecule has 0 saturated heterocycles. The Kier molecular flexibility index (Phi) is 5.94. The molecule has 3 nitrogen and oxygen atoms in total. The minimum atomic E-state index is 0.214. The largest absolute Gasteiger partial charge is 0.507 e. The second kappa shape index (κ2) is 9.68. The van der Waals surface area contributed by atoms with Crippen molar-refractivity contribution in [3.05, 3.63) is 128 Å². The summed E-state index contributed by atoms with van der Waals surface area (Å²) >= 11 is 1.65. The van der Waals surface area contributed by atoms with E-state index in [0.29, 0.717) is 5.56 Å². The van der Waals surface area contributed by atoms with E-state index >= 15 is 0 Å². The minimum absolute atomic E-state index is 0.214. The molecular formula is C32H22N2OS. The first-order valence-corrected chi connectivity index (χ1v) is 12.5. The quantitative estimate of drug-likeness (QED) is 0.268. The van der Waals surface area contributed by atoms with Gasteiger partial charge in [0.2, 0.25) is 0 Å². The Morgan fingerprint density at radius 1 is 0.611 bits per heavy atom. The number of benzene rings is 4. The number of hydrogen-bond donors (Lipinski definition) is 1. The van der Waals surface area contributed by atoms with Crippen molar-refractivity contribution < 1.29 is 5.11 Å². The van der Waals surface area contributed by atoms with Crippen LogP contribution in [-0.4, -0.2) is 15.1 Å². The van der Waals surface area contributed by atoms with Gasteiger partial charge < -0.3 is 5.11 Å². The third kappa shape index (κ3) is 4.35. The van der Waals surface area contributed by atoms with Crippen LogP contribution in [0.2, 0.25) is 0 Å². The van der Waals surface area contributed by atoms with Crippen molar-refractivity contribution in [1.29, 1.82) is 0 Å². The average molecular weight is 483 g/mol. The molecule has 4 heteroatoms. The fraction of sp³-hybridized carbons (Fsp3) is 0. The highest BCUT2D eigenvalue weighted by Crippen LogP contribution is 2.38. The Labute approximate surface area is 214 Å². The molecule has 0 aliphatic heterocycles. The number of hydrogen-bond acceptors (Lipinski definition) is 4. The molecule has 0 spiro atoms. The van der Waals surface area contributed by atoms with E-state index in [-0.39, 0.29) is 5.75 Å². The van der Waals surface area contributed by atoms with Crippen LogP contribution >= 0.6 is 11.8 Å². The number of fused-ring (bicyclic) bond motifs is 1. The van der Waals surface area contributed by atoms with Gasteiger partial charge in [0, 0.05) is 33.2 Å². The topological polar surface area (TPSA) is 46.0 Å². The van der Waals surface area contributed by atoms with E-state index in [4.69, 9.17) is 4.98 Å². The summed E-state index contributed by atoms with van der Waals surface area (Å²) in [4.78, 5) is 10.8. The number of nitrogens with zero attached hydrogens (tertiary/aromatic N) is 2. The van der Waals surface area contributed by atoms with Crippen LogP contribution in [0.3, 0.4) is 0 Å². The summed E-state index contributed by atoms with van der Waals surface area (Å²) in [6, 6.07) is 40.4. The van der Waals surface area contributed by atoms with Gasteiger partial charge in [0.25, 0.3) is 0 Å². The monoisotopic (exact) mass is 482 g/mol. The smallest absolute Gasteiger partial charge is 0.124 e. The maximum atomic E-state index is 10.6. The molecule has 6 rings (SSSR count). The molecule has 36 heavy (non-hydrogen) atoms. The van der Waals surface area contributed by atoms with E-state index in [0.717, 1.165) is 43.4 Å². The lowest BCUT2D eigenvalue weighted by atomic mass is 9.97. The Hall–Kier alpha value is -4.41. The van der Waals surface area contributed by atoms with Crippen LogP contribution in [0.15, 0.2) is 137 Å². The molecule has 4 aromatic carbocycles. The summed E-state index contributed by atoms with van der Waals surface area (Å²) in [5, 5.41) is 13.9. The minimum Gasteiger partial charge on any atom is -0.507 e. The molecule has 0 aliphatic carbocycles. The van der Waals surface area contributed by atoms with Gasteiger partial charge in [-0.05, 0) is 47.3 Å². The molecular weight excluding hydrogens is 460 g/mol. The van der Waals surface area contributed by atoms with Crippen LogP contribution in [0.1, 0.15) is 0 Å². The normalized spacial score (nSPS) is 11.0. The second-order valence-corrected chi connectivity index (χ2v) is 9.51. The van der Waals surface area contributed by atoms with Crippen LogP contribution in [0.4, 0.5) is 0 Å². The zero-order valence-electron chi connectivity index (χ0n) is 19.4. The van der Waals surface area contributed by atoms with Crippen molar-refractivity contribution in [1.82, 2.24) is 9.97 Å². The number of pyridine rings is 2. The van der Waals surface area contributed by atoms with Crippen molar-refractivity contribution in [2.45, 2.75) is 9.92 Å². The van der Waals surface area contributed by atoms with E-state index < -0.39 is 0 Å².